The van der Waals surface area contributed by atoms with Crippen molar-refractivity contribution >= 4 is 39.5 Å². The van der Waals surface area contributed by atoms with Gasteiger partial charge in [-0.3, -0.25) is 37.3 Å². The average Bonchev–Trinajstić information content (AvgIpc) is 3.41. The van der Waals surface area contributed by atoms with Gasteiger partial charge in [0.15, 0.2) is 12.2 Å². The number of hydrogen-bond donors (Lipinski definition) is 3. The first-order chi connectivity index (χ1) is 37.9. The van der Waals surface area contributed by atoms with Crippen molar-refractivity contribution in [2.75, 3.05) is 39.6 Å². The van der Waals surface area contributed by atoms with Crippen molar-refractivity contribution in [1.82, 2.24) is 0 Å². The molecule has 17 nitrogen and oxygen atoms in total. The fourth-order valence-corrected chi connectivity index (χ4v) is 10.4. The number of esters is 4. The Morgan fingerprint density at radius 3 is 0.962 bits per heavy atom. The zero-order valence-electron chi connectivity index (χ0n) is 50.7. The van der Waals surface area contributed by atoms with Gasteiger partial charge in [0.05, 0.1) is 26.4 Å². The van der Waals surface area contributed by atoms with Crippen molar-refractivity contribution in [3.8, 4) is 0 Å². The van der Waals surface area contributed by atoms with E-state index < -0.39 is 97.5 Å². The highest BCUT2D eigenvalue weighted by Crippen LogP contribution is 2.45. The summed E-state index contributed by atoms with van der Waals surface area (Å²) in [6.07, 6.45) is 33.6. The Hall–Kier alpha value is -1.94. The monoisotopic (exact) mass is 1170 g/mol. The Bertz CT molecular complexity index is 1570. The standard InChI is InChI=1S/C60H116O17P2/c1-7-10-12-14-16-19-24-32-38-44-59(64)76-55(48-70-57(62)42-36-30-22-15-13-11-8-2)50-74-78(66,67)72-46-54(61)47-73-79(68,69)75-51-56(49-71-58(63)43-37-31-27-26-29-35-41-53(6)9-3)77-60(65)45-39-33-25-21-18-17-20-23-28-34-40-52(4)5/h52-56,61H,7-51H2,1-6H3,(H,66,67)(H,68,69)/t53?,54-,55+,56+/m0/s1. The number of hydrogen-bond acceptors (Lipinski definition) is 15. The molecular weight excluding hydrogens is 1050 g/mol. The van der Waals surface area contributed by atoms with Crippen LogP contribution < -0.4 is 0 Å². The molecule has 3 unspecified atom stereocenters. The van der Waals surface area contributed by atoms with E-state index in [-0.39, 0.29) is 25.7 Å². The van der Waals surface area contributed by atoms with Crippen LogP contribution >= 0.6 is 15.6 Å². The third-order valence-electron chi connectivity index (χ3n) is 14.1. The molecule has 3 N–H and O–H groups in total. The quantitative estimate of drug-likeness (QED) is 0.0222. The average molecular weight is 1170 g/mol. The Morgan fingerprint density at radius 2 is 0.646 bits per heavy atom. The normalized spacial score (nSPS) is 14.8. The van der Waals surface area contributed by atoms with Gasteiger partial charge in [-0.2, -0.15) is 0 Å². The van der Waals surface area contributed by atoms with Crippen LogP contribution in [0.25, 0.3) is 0 Å². The molecular formula is C60H116O17P2. The largest absolute Gasteiger partial charge is 0.472 e. The van der Waals surface area contributed by atoms with Crippen molar-refractivity contribution < 1.29 is 80.2 Å². The van der Waals surface area contributed by atoms with E-state index in [9.17, 15) is 43.2 Å². The van der Waals surface area contributed by atoms with E-state index in [1.165, 1.54) is 89.9 Å². The van der Waals surface area contributed by atoms with Crippen LogP contribution in [0.2, 0.25) is 0 Å². The van der Waals surface area contributed by atoms with E-state index in [4.69, 9.17) is 37.0 Å². The predicted octanol–water partition coefficient (Wildman–Crippen LogP) is 16.1. The van der Waals surface area contributed by atoms with Crippen LogP contribution in [0.3, 0.4) is 0 Å². The van der Waals surface area contributed by atoms with Gasteiger partial charge in [0, 0.05) is 25.7 Å². The third kappa shape index (κ3) is 53.8. The first-order valence-corrected chi connectivity index (χ1v) is 34.5. The van der Waals surface area contributed by atoms with Gasteiger partial charge in [-0.1, -0.05) is 241 Å². The maximum absolute atomic E-state index is 12.9. The number of ether oxygens (including phenoxy) is 4. The van der Waals surface area contributed by atoms with E-state index in [1.54, 1.807) is 0 Å². The number of phosphoric ester groups is 2. The molecule has 0 aromatic rings. The van der Waals surface area contributed by atoms with Gasteiger partial charge in [-0.15, -0.1) is 0 Å². The highest BCUT2D eigenvalue weighted by molar-refractivity contribution is 7.47. The third-order valence-corrected chi connectivity index (χ3v) is 16.0. The molecule has 0 rings (SSSR count). The van der Waals surface area contributed by atoms with Crippen molar-refractivity contribution in [1.29, 1.82) is 0 Å². The number of aliphatic hydroxyl groups excluding tert-OH is 1. The number of carbonyl (C=O) groups is 4. The molecule has 468 valence electrons. The summed E-state index contributed by atoms with van der Waals surface area (Å²) >= 11 is 0. The first-order valence-electron chi connectivity index (χ1n) is 31.5. The minimum Gasteiger partial charge on any atom is -0.462 e. The van der Waals surface area contributed by atoms with Crippen molar-refractivity contribution in [2.24, 2.45) is 11.8 Å². The van der Waals surface area contributed by atoms with Crippen LogP contribution in [0, 0.1) is 11.8 Å². The first kappa shape index (κ1) is 77.1. The molecule has 0 saturated heterocycles. The van der Waals surface area contributed by atoms with Crippen molar-refractivity contribution in [3.05, 3.63) is 0 Å². The Morgan fingerprint density at radius 1 is 0.367 bits per heavy atom. The summed E-state index contributed by atoms with van der Waals surface area (Å²) in [7, 11) is -9.87. The summed E-state index contributed by atoms with van der Waals surface area (Å²) in [5.41, 5.74) is 0. The number of carbonyl (C=O) groups excluding carboxylic acids is 4. The molecule has 0 aliphatic rings. The minimum absolute atomic E-state index is 0.105. The molecule has 0 heterocycles. The van der Waals surface area contributed by atoms with Crippen LogP contribution in [0.4, 0.5) is 0 Å². The second kappa shape index (κ2) is 52.8. The van der Waals surface area contributed by atoms with Crippen LogP contribution in [-0.4, -0.2) is 96.7 Å². The van der Waals surface area contributed by atoms with E-state index >= 15 is 0 Å². The van der Waals surface area contributed by atoms with Crippen molar-refractivity contribution in [3.63, 3.8) is 0 Å². The molecule has 0 aliphatic heterocycles. The van der Waals surface area contributed by atoms with Crippen LogP contribution in [0.1, 0.15) is 292 Å². The molecule has 0 fully saturated rings. The number of rotatable bonds is 59. The van der Waals surface area contributed by atoms with Gasteiger partial charge in [0.1, 0.15) is 19.3 Å². The second-order valence-corrected chi connectivity index (χ2v) is 25.4. The fourth-order valence-electron chi connectivity index (χ4n) is 8.79. The zero-order valence-corrected chi connectivity index (χ0v) is 52.4. The smallest absolute Gasteiger partial charge is 0.462 e. The lowest BCUT2D eigenvalue weighted by Crippen LogP contribution is -2.30. The molecule has 0 aromatic heterocycles. The maximum atomic E-state index is 12.9. The summed E-state index contributed by atoms with van der Waals surface area (Å²) in [6, 6.07) is 0. The summed E-state index contributed by atoms with van der Waals surface area (Å²) < 4.78 is 67.7. The molecule has 19 heteroatoms. The lowest BCUT2D eigenvalue weighted by molar-refractivity contribution is -0.161. The molecule has 6 atom stereocenters. The minimum atomic E-state index is -4.94. The van der Waals surface area contributed by atoms with E-state index in [0.717, 1.165) is 121 Å². The van der Waals surface area contributed by atoms with Gasteiger partial charge in [0.2, 0.25) is 0 Å². The second-order valence-electron chi connectivity index (χ2n) is 22.5. The summed E-state index contributed by atoms with van der Waals surface area (Å²) in [5.74, 6) is -0.663. The van der Waals surface area contributed by atoms with Gasteiger partial charge in [-0.25, -0.2) is 9.13 Å². The summed E-state index contributed by atoms with van der Waals surface area (Å²) in [4.78, 5) is 71.9. The topological polar surface area (TPSA) is 237 Å². The van der Waals surface area contributed by atoms with E-state index in [2.05, 4.69) is 41.5 Å². The van der Waals surface area contributed by atoms with Crippen LogP contribution in [0.15, 0.2) is 0 Å². The highest BCUT2D eigenvalue weighted by Gasteiger charge is 2.30. The maximum Gasteiger partial charge on any atom is 0.472 e. The molecule has 0 amide bonds. The number of phosphoric acid groups is 2. The zero-order chi connectivity index (χ0) is 58.7. The molecule has 0 spiro atoms. The lowest BCUT2D eigenvalue weighted by Gasteiger charge is -2.21. The number of aliphatic hydroxyl groups is 1. The molecule has 0 aliphatic carbocycles. The van der Waals surface area contributed by atoms with Gasteiger partial charge in [0.25, 0.3) is 0 Å². The highest BCUT2D eigenvalue weighted by atomic mass is 31.2. The summed E-state index contributed by atoms with van der Waals surface area (Å²) in [6.45, 7) is 9.35. The van der Waals surface area contributed by atoms with Gasteiger partial charge >= 0.3 is 39.5 Å². The lowest BCUT2D eigenvalue weighted by atomic mass is 10.00. The molecule has 0 radical (unpaired) electrons. The SMILES string of the molecule is CCCCCCCCCCCC(=O)O[C@H](COC(=O)CCCCCCCCC)COP(=O)(O)OC[C@H](O)COP(=O)(O)OC[C@@H](COC(=O)CCCCCCCCC(C)CC)OC(=O)CCCCCCCCCCCCC(C)C. The molecule has 0 bridgehead atoms. The molecule has 0 aromatic carbocycles. The fraction of sp³-hybridized carbons (Fsp3) is 0.933. The van der Waals surface area contributed by atoms with E-state index in [1.807, 2.05) is 0 Å². The van der Waals surface area contributed by atoms with Crippen LogP contribution in [0.5, 0.6) is 0 Å². The Kier molecular flexibility index (Phi) is 51.5. The van der Waals surface area contributed by atoms with Gasteiger partial charge in [-0.05, 0) is 37.5 Å². The molecule has 0 saturated carbocycles. The van der Waals surface area contributed by atoms with E-state index in [0.29, 0.717) is 25.7 Å². The number of unbranched alkanes of at least 4 members (excludes halogenated alkanes) is 28. The molecule has 79 heavy (non-hydrogen) atoms. The van der Waals surface area contributed by atoms with Crippen molar-refractivity contribution in [2.45, 2.75) is 310 Å². The summed E-state index contributed by atoms with van der Waals surface area (Å²) in [5, 5.41) is 10.5. The van der Waals surface area contributed by atoms with Crippen LogP contribution in [-0.2, 0) is 65.4 Å². The Labute approximate surface area is 479 Å². The predicted molar refractivity (Wildman–Crippen MR) is 312 cm³/mol. The van der Waals surface area contributed by atoms with Gasteiger partial charge < -0.3 is 33.8 Å². The Balaban J connectivity index is 5.22.